The maximum Gasteiger partial charge on any atom is 0.317 e. The Bertz CT molecular complexity index is 306. The number of ether oxygens (including phenoxy) is 1. The molecule has 2 fully saturated rings. The summed E-state index contributed by atoms with van der Waals surface area (Å²) in [6.45, 7) is 7.71. The highest BCUT2D eigenvalue weighted by molar-refractivity contribution is 5.74. The smallest absolute Gasteiger partial charge is 0.317 e. The third-order valence-corrected chi connectivity index (χ3v) is 4.63. The van der Waals surface area contributed by atoms with Crippen molar-refractivity contribution >= 4 is 6.03 Å². The minimum atomic E-state index is 0.127. The predicted octanol–water partition coefficient (Wildman–Crippen LogP) is 1.68. The molecule has 0 radical (unpaired) electrons. The Balaban J connectivity index is 1.83. The van der Waals surface area contributed by atoms with Crippen molar-refractivity contribution in [2.24, 2.45) is 0 Å². The van der Waals surface area contributed by atoms with E-state index in [4.69, 9.17) is 4.74 Å². The van der Waals surface area contributed by atoms with E-state index in [9.17, 15) is 4.79 Å². The van der Waals surface area contributed by atoms with Crippen molar-refractivity contribution in [3.05, 3.63) is 0 Å². The van der Waals surface area contributed by atoms with Crippen LogP contribution in [0.2, 0.25) is 0 Å². The average Bonchev–Trinajstić information content (AvgIpc) is 2.90. The molecular weight excluding hydrogens is 254 g/mol. The second kappa shape index (κ2) is 7.27. The number of nitrogens with one attached hydrogen (secondary N) is 1. The predicted molar refractivity (Wildman–Crippen MR) is 79.9 cm³/mol. The molecule has 2 rings (SSSR count). The fraction of sp³-hybridized carbons (Fsp3) is 0.933. The Morgan fingerprint density at radius 3 is 2.35 bits per heavy atom. The molecule has 2 amide bonds. The molecule has 0 aromatic carbocycles. The van der Waals surface area contributed by atoms with Crippen molar-refractivity contribution in [3.63, 3.8) is 0 Å². The molecule has 0 aromatic rings. The van der Waals surface area contributed by atoms with Crippen LogP contribution in [0, 0.1) is 0 Å². The molecule has 5 nitrogen and oxygen atoms in total. The van der Waals surface area contributed by atoms with Gasteiger partial charge in [0.05, 0.1) is 6.61 Å². The van der Waals surface area contributed by atoms with Gasteiger partial charge in [0.2, 0.25) is 0 Å². The van der Waals surface area contributed by atoms with Gasteiger partial charge < -0.3 is 15.0 Å². The zero-order chi connectivity index (χ0) is 14.5. The molecule has 2 atom stereocenters. The number of rotatable bonds is 4. The second-order valence-electron chi connectivity index (χ2n) is 6.26. The minimum absolute atomic E-state index is 0.127. The molecule has 2 aliphatic rings. The lowest BCUT2D eigenvalue weighted by Gasteiger charge is -2.44. The number of amides is 2. The standard InChI is InChI=1S/C15H29N3O2/c1-12-10-17(11-13(2)18(12)8-9-20-3)15(19)16-14-6-4-5-7-14/h12-14H,4-11H2,1-3H3,(H,16,19). The number of hydrogen-bond donors (Lipinski definition) is 1. The van der Waals surface area contributed by atoms with Crippen LogP contribution in [0.25, 0.3) is 0 Å². The van der Waals surface area contributed by atoms with Crippen LogP contribution in [0.15, 0.2) is 0 Å². The first-order valence-corrected chi connectivity index (χ1v) is 7.92. The molecule has 0 bridgehead atoms. The summed E-state index contributed by atoms with van der Waals surface area (Å²) < 4.78 is 5.17. The molecule has 0 spiro atoms. The third kappa shape index (κ3) is 3.85. The fourth-order valence-electron chi connectivity index (χ4n) is 3.50. The van der Waals surface area contributed by atoms with Crippen molar-refractivity contribution in [1.82, 2.24) is 15.1 Å². The van der Waals surface area contributed by atoms with Crippen molar-refractivity contribution in [2.45, 2.75) is 57.7 Å². The first-order chi connectivity index (χ1) is 9.61. The van der Waals surface area contributed by atoms with Gasteiger partial charge in [0.15, 0.2) is 0 Å². The SMILES string of the molecule is COCCN1C(C)CN(C(=O)NC2CCCC2)CC1C. The minimum Gasteiger partial charge on any atom is -0.383 e. The summed E-state index contributed by atoms with van der Waals surface area (Å²) in [5.74, 6) is 0. The lowest BCUT2D eigenvalue weighted by Crippen LogP contribution is -2.60. The normalized spacial score (nSPS) is 28.9. The van der Waals surface area contributed by atoms with E-state index in [0.29, 0.717) is 18.1 Å². The van der Waals surface area contributed by atoms with Gasteiger partial charge in [-0.25, -0.2) is 4.79 Å². The van der Waals surface area contributed by atoms with Gasteiger partial charge >= 0.3 is 6.03 Å². The van der Waals surface area contributed by atoms with Crippen LogP contribution >= 0.6 is 0 Å². The lowest BCUT2D eigenvalue weighted by atomic mass is 10.1. The fourth-order valence-corrected chi connectivity index (χ4v) is 3.50. The number of piperazine rings is 1. The molecule has 1 saturated carbocycles. The molecule has 1 heterocycles. The topological polar surface area (TPSA) is 44.8 Å². The van der Waals surface area contributed by atoms with Crippen LogP contribution in [0.1, 0.15) is 39.5 Å². The van der Waals surface area contributed by atoms with E-state index in [1.165, 1.54) is 12.8 Å². The molecule has 2 unspecified atom stereocenters. The number of nitrogens with zero attached hydrogens (tertiary/aromatic N) is 2. The summed E-state index contributed by atoms with van der Waals surface area (Å²) in [5, 5.41) is 3.19. The van der Waals surface area contributed by atoms with Crippen LogP contribution in [0.5, 0.6) is 0 Å². The van der Waals surface area contributed by atoms with Crippen molar-refractivity contribution in [1.29, 1.82) is 0 Å². The van der Waals surface area contributed by atoms with Crippen LogP contribution in [-0.4, -0.2) is 67.3 Å². The summed E-state index contributed by atoms with van der Waals surface area (Å²) >= 11 is 0. The van der Waals surface area contributed by atoms with Gasteiger partial charge in [-0.3, -0.25) is 4.90 Å². The molecule has 0 aromatic heterocycles. The summed E-state index contributed by atoms with van der Waals surface area (Å²) in [5.41, 5.74) is 0. The Morgan fingerprint density at radius 2 is 1.80 bits per heavy atom. The van der Waals surface area contributed by atoms with Gasteiger partial charge in [-0.15, -0.1) is 0 Å². The number of hydrogen-bond acceptors (Lipinski definition) is 3. The highest BCUT2D eigenvalue weighted by atomic mass is 16.5. The van der Waals surface area contributed by atoms with Gasteiger partial charge in [0.1, 0.15) is 0 Å². The Kier molecular flexibility index (Phi) is 5.66. The van der Waals surface area contributed by atoms with E-state index in [0.717, 1.165) is 39.1 Å². The first-order valence-electron chi connectivity index (χ1n) is 7.92. The van der Waals surface area contributed by atoms with Crippen molar-refractivity contribution in [2.75, 3.05) is 33.4 Å². The molecule has 20 heavy (non-hydrogen) atoms. The number of urea groups is 1. The van der Waals surface area contributed by atoms with Gasteiger partial charge in [-0.05, 0) is 26.7 Å². The molecular formula is C15H29N3O2. The van der Waals surface area contributed by atoms with Gasteiger partial charge in [-0.2, -0.15) is 0 Å². The Morgan fingerprint density at radius 1 is 1.20 bits per heavy atom. The van der Waals surface area contributed by atoms with Crippen LogP contribution in [0.4, 0.5) is 4.79 Å². The maximum atomic E-state index is 12.3. The third-order valence-electron chi connectivity index (χ3n) is 4.63. The highest BCUT2D eigenvalue weighted by Gasteiger charge is 2.32. The zero-order valence-electron chi connectivity index (χ0n) is 13.1. The largest absolute Gasteiger partial charge is 0.383 e. The molecule has 5 heteroatoms. The average molecular weight is 283 g/mol. The molecule has 1 saturated heterocycles. The quantitative estimate of drug-likeness (QED) is 0.854. The summed E-state index contributed by atoms with van der Waals surface area (Å²) in [6, 6.07) is 1.31. The monoisotopic (exact) mass is 283 g/mol. The molecule has 1 N–H and O–H groups in total. The zero-order valence-corrected chi connectivity index (χ0v) is 13.1. The van der Waals surface area contributed by atoms with Crippen LogP contribution in [-0.2, 0) is 4.74 Å². The number of methoxy groups -OCH3 is 1. The second-order valence-corrected chi connectivity index (χ2v) is 6.26. The van der Waals surface area contributed by atoms with Gasteiger partial charge in [0, 0.05) is 44.9 Å². The maximum absolute atomic E-state index is 12.3. The van der Waals surface area contributed by atoms with Crippen molar-refractivity contribution < 1.29 is 9.53 Å². The molecule has 1 aliphatic carbocycles. The van der Waals surface area contributed by atoms with Crippen LogP contribution < -0.4 is 5.32 Å². The highest BCUT2D eigenvalue weighted by Crippen LogP contribution is 2.19. The van der Waals surface area contributed by atoms with Crippen LogP contribution in [0.3, 0.4) is 0 Å². The number of carbonyl (C=O) groups is 1. The summed E-state index contributed by atoms with van der Waals surface area (Å²) in [4.78, 5) is 16.8. The van der Waals surface area contributed by atoms with Crippen molar-refractivity contribution in [3.8, 4) is 0 Å². The van der Waals surface area contributed by atoms with Gasteiger partial charge in [-0.1, -0.05) is 12.8 Å². The Labute approximate surface area is 122 Å². The summed E-state index contributed by atoms with van der Waals surface area (Å²) in [7, 11) is 1.74. The first kappa shape index (κ1) is 15.6. The Hall–Kier alpha value is -0.810. The van der Waals surface area contributed by atoms with Gasteiger partial charge in [0.25, 0.3) is 0 Å². The van der Waals surface area contributed by atoms with E-state index >= 15 is 0 Å². The van der Waals surface area contributed by atoms with E-state index in [2.05, 4.69) is 24.1 Å². The number of carbonyl (C=O) groups excluding carboxylic acids is 1. The lowest BCUT2D eigenvalue weighted by molar-refractivity contribution is 0.0343. The molecule has 1 aliphatic heterocycles. The van der Waals surface area contributed by atoms with E-state index < -0.39 is 0 Å². The van der Waals surface area contributed by atoms with E-state index in [-0.39, 0.29) is 6.03 Å². The van der Waals surface area contributed by atoms with E-state index in [1.807, 2.05) is 4.90 Å². The van der Waals surface area contributed by atoms with E-state index in [1.54, 1.807) is 7.11 Å². The summed E-state index contributed by atoms with van der Waals surface area (Å²) in [6.07, 6.45) is 4.79. The molecule has 116 valence electrons.